The van der Waals surface area contributed by atoms with Gasteiger partial charge in [-0.2, -0.15) is 0 Å². The Labute approximate surface area is 171 Å². The molecule has 0 amide bonds. The van der Waals surface area contributed by atoms with Gasteiger partial charge in [0.2, 0.25) is 0 Å². The van der Waals surface area contributed by atoms with E-state index in [-0.39, 0.29) is 6.61 Å². The first-order valence-corrected chi connectivity index (χ1v) is 10.1. The van der Waals surface area contributed by atoms with Gasteiger partial charge in [-0.25, -0.2) is 0 Å². The van der Waals surface area contributed by atoms with E-state index in [4.69, 9.17) is 39.5 Å². The normalized spacial score (nSPS) is 10.9. The van der Waals surface area contributed by atoms with Crippen molar-refractivity contribution in [3.63, 3.8) is 0 Å². The number of rotatable bonds is 7. The number of nitrogens with zero attached hydrogens (tertiary/aromatic N) is 3. The summed E-state index contributed by atoms with van der Waals surface area (Å²) in [6, 6.07) is 12.9. The molecule has 0 aliphatic rings. The van der Waals surface area contributed by atoms with Crippen LogP contribution in [0.4, 0.5) is 0 Å². The standard InChI is InChI=1S/C18H16Cl3N3OS/c1-2-24-17(10-25-16-9-13(19)7-8-15(16)21)22-23-18(24)26-11-12-5-3-4-6-14(12)20/h3-9H,2,10-11H2,1H3. The molecule has 1 aromatic heterocycles. The van der Waals surface area contributed by atoms with Crippen molar-refractivity contribution in [2.75, 3.05) is 0 Å². The first kappa shape index (κ1) is 19.4. The Morgan fingerprint density at radius 3 is 2.62 bits per heavy atom. The van der Waals surface area contributed by atoms with E-state index >= 15 is 0 Å². The molecule has 0 radical (unpaired) electrons. The highest BCUT2D eigenvalue weighted by Crippen LogP contribution is 2.29. The Morgan fingerprint density at radius 1 is 1.04 bits per heavy atom. The van der Waals surface area contributed by atoms with Crippen molar-refractivity contribution in [1.29, 1.82) is 0 Å². The van der Waals surface area contributed by atoms with Gasteiger partial charge in [-0.15, -0.1) is 10.2 Å². The van der Waals surface area contributed by atoms with E-state index in [1.54, 1.807) is 30.0 Å². The van der Waals surface area contributed by atoms with E-state index in [1.165, 1.54) is 0 Å². The fourth-order valence-corrected chi connectivity index (χ4v) is 3.98. The van der Waals surface area contributed by atoms with Gasteiger partial charge in [0.15, 0.2) is 11.0 Å². The third-order valence-corrected chi connectivity index (χ3v) is 5.61. The van der Waals surface area contributed by atoms with Gasteiger partial charge < -0.3 is 9.30 Å². The minimum absolute atomic E-state index is 0.257. The molecule has 2 aromatic carbocycles. The van der Waals surface area contributed by atoms with Crippen molar-refractivity contribution in [1.82, 2.24) is 14.8 Å². The second kappa shape index (κ2) is 9.00. The Bertz CT molecular complexity index is 901. The topological polar surface area (TPSA) is 39.9 Å². The first-order chi connectivity index (χ1) is 12.6. The van der Waals surface area contributed by atoms with Crippen LogP contribution in [-0.2, 0) is 18.9 Å². The van der Waals surface area contributed by atoms with Gasteiger partial charge in [0, 0.05) is 28.4 Å². The van der Waals surface area contributed by atoms with Gasteiger partial charge in [0.1, 0.15) is 12.4 Å². The number of hydrogen-bond acceptors (Lipinski definition) is 4. The third-order valence-electron chi connectivity index (χ3n) is 3.67. The van der Waals surface area contributed by atoms with Crippen molar-refractivity contribution >= 4 is 46.6 Å². The highest BCUT2D eigenvalue weighted by atomic mass is 35.5. The van der Waals surface area contributed by atoms with E-state index in [0.717, 1.165) is 33.9 Å². The van der Waals surface area contributed by atoms with Gasteiger partial charge in [-0.1, -0.05) is 64.8 Å². The minimum atomic E-state index is 0.257. The molecule has 0 saturated heterocycles. The lowest BCUT2D eigenvalue weighted by atomic mass is 10.2. The molecule has 3 rings (SSSR count). The van der Waals surface area contributed by atoms with Crippen LogP contribution in [0.5, 0.6) is 5.75 Å². The Morgan fingerprint density at radius 2 is 1.85 bits per heavy atom. The Hall–Kier alpha value is -1.40. The summed E-state index contributed by atoms with van der Waals surface area (Å²) in [5.74, 6) is 1.97. The summed E-state index contributed by atoms with van der Waals surface area (Å²) in [7, 11) is 0. The lowest BCUT2D eigenvalue weighted by Gasteiger charge is -2.10. The molecule has 0 spiro atoms. The molecule has 0 N–H and O–H groups in total. The van der Waals surface area contributed by atoms with Gasteiger partial charge in [-0.05, 0) is 30.7 Å². The van der Waals surface area contributed by atoms with Crippen LogP contribution in [0.2, 0.25) is 15.1 Å². The van der Waals surface area contributed by atoms with Crippen molar-refractivity contribution in [2.24, 2.45) is 0 Å². The maximum atomic E-state index is 6.22. The molecule has 26 heavy (non-hydrogen) atoms. The zero-order valence-electron chi connectivity index (χ0n) is 14.0. The average molecular weight is 429 g/mol. The van der Waals surface area contributed by atoms with E-state index in [0.29, 0.717) is 15.8 Å². The zero-order valence-corrected chi connectivity index (χ0v) is 17.0. The molecule has 0 saturated carbocycles. The fraction of sp³-hybridized carbons (Fsp3) is 0.222. The van der Waals surface area contributed by atoms with Crippen LogP contribution in [0.25, 0.3) is 0 Å². The van der Waals surface area contributed by atoms with Gasteiger partial charge in [-0.3, -0.25) is 0 Å². The monoisotopic (exact) mass is 427 g/mol. The van der Waals surface area contributed by atoms with Crippen LogP contribution >= 0.6 is 46.6 Å². The summed E-state index contributed by atoms with van der Waals surface area (Å²) >= 11 is 19.9. The quantitative estimate of drug-likeness (QED) is 0.424. The SMILES string of the molecule is CCn1c(COc2cc(Cl)ccc2Cl)nnc1SCc1ccccc1Cl. The molecule has 136 valence electrons. The minimum Gasteiger partial charge on any atom is -0.484 e. The fourth-order valence-electron chi connectivity index (χ4n) is 2.34. The van der Waals surface area contributed by atoms with Gasteiger partial charge in [0.05, 0.1) is 5.02 Å². The summed E-state index contributed by atoms with van der Waals surface area (Å²) in [5.41, 5.74) is 1.06. The number of halogens is 3. The van der Waals surface area contributed by atoms with Crippen molar-refractivity contribution in [2.45, 2.75) is 31.0 Å². The molecule has 0 bridgehead atoms. The largest absolute Gasteiger partial charge is 0.484 e. The van der Waals surface area contributed by atoms with Gasteiger partial charge >= 0.3 is 0 Å². The van der Waals surface area contributed by atoms with E-state index in [9.17, 15) is 0 Å². The van der Waals surface area contributed by atoms with Crippen LogP contribution in [0.3, 0.4) is 0 Å². The maximum Gasteiger partial charge on any atom is 0.191 e. The molecule has 8 heteroatoms. The highest BCUT2D eigenvalue weighted by Gasteiger charge is 2.13. The molecule has 0 unspecified atom stereocenters. The predicted molar refractivity (Wildman–Crippen MR) is 108 cm³/mol. The lowest BCUT2D eigenvalue weighted by Crippen LogP contribution is -2.07. The summed E-state index contributed by atoms with van der Waals surface area (Å²) in [6.07, 6.45) is 0. The van der Waals surface area contributed by atoms with Crippen molar-refractivity contribution in [3.8, 4) is 5.75 Å². The van der Waals surface area contributed by atoms with Crippen molar-refractivity contribution in [3.05, 3.63) is 68.9 Å². The Balaban J connectivity index is 1.70. The van der Waals surface area contributed by atoms with E-state index in [2.05, 4.69) is 10.2 Å². The maximum absolute atomic E-state index is 6.22. The third kappa shape index (κ3) is 4.65. The van der Waals surface area contributed by atoms with E-state index < -0.39 is 0 Å². The van der Waals surface area contributed by atoms with Gasteiger partial charge in [0.25, 0.3) is 0 Å². The van der Waals surface area contributed by atoms with Crippen LogP contribution in [0, 0.1) is 0 Å². The average Bonchev–Trinajstić information content (AvgIpc) is 3.03. The molecule has 4 nitrogen and oxygen atoms in total. The number of hydrogen-bond donors (Lipinski definition) is 0. The van der Waals surface area contributed by atoms with Crippen LogP contribution in [0.1, 0.15) is 18.3 Å². The Kier molecular flexibility index (Phi) is 6.70. The molecule has 0 fully saturated rings. The molecule has 1 heterocycles. The number of aromatic nitrogens is 3. The second-order valence-corrected chi connectivity index (χ2v) is 7.58. The van der Waals surface area contributed by atoms with Crippen LogP contribution < -0.4 is 4.74 Å². The summed E-state index contributed by atoms with van der Waals surface area (Å²) in [5, 5.41) is 11.2. The van der Waals surface area contributed by atoms with E-state index in [1.807, 2.05) is 35.8 Å². The number of benzene rings is 2. The number of ether oxygens (including phenoxy) is 1. The zero-order chi connectivity index (χ0) is 18.5. The molecular formula is C18H16Cl3N3OS. The molecular weight excluding hydrogens is 413 g/mol. The summed E-state index contributed by atoms with van der Waals surface area (Å²) < 4.78 is 7.79. The second-order valence-electron chi connectivity index (χ2n) is 5.39. The lowest BCUT2D eigenvalue weighted by molar-refractivity contribution is 0.288. The highest BCUT2D eigenvalue weighted by molar-refractivity contribution is 7.98. The summed E-state index contributed by atoms with van der Waals surface area (Å²) in [4.78, 5) is 0. The summed E-state index contributed by atoms with van der Waals surface area (Å²) in [6.45, 7) is 3.03. The smallest absolute Gasteiger partial charge is 0.191 e. The first-order valence-electron chi connectivity index (χ1n) is 7.94. The molecule has 3 aromatic rings. The number of thioether (sulfide) groups is 1. The van der Waals surface area contributed by atoms with Crippen molar-refractivity contribution < 1.29 is 4.74 Å². The van der Waals surface area contributed by atoms with Crippen LogP contribution in [-0.4, -0.2) is 14.8 Å². The van der Waals surface area contributed by atoms with Crippen LogP contribution in [0.15, 0.2) is 47.6 Å². The predicted octanol–water partition coefficient (Wildman–Crippen LogP) is 6.13. The molecule has 0 aliphatic carbocycles. The molecule has 0 atom stereocenters. The molecule has 0 aliphatic heterocycles.